The van der Waals surface area contributed by atoms with Crippen LogP contribution in [0.5, 0.6) is 0 Å². The van der Waals surface area contributed by atoms with Crippen LogP contribution < -0.4 is 10.6 Å². The number of esters is 1. The SMILES string of the molecule is O=C(CNC(=O)OCc1ccccc1)N[C@@H](CP(=O)(OCc1ccccc1)OCc1ccccc1)C(=O)OCc1ccccc1. The quantitative estimate of drug-likeness (QED) is 0.118. The minimum Gasteiger partial charge on any atom is -0.459 e. The van der Waals surface area contributed by atoms with E-state index in [0.29, 0.717) is 0 Å². The number of hydrogen-bond donors (Lipinski definition) is 2. The van der Waals surface area contributed by atoms with Crippen LogP contribution in [0.4, 0.5) is 4.79 Å². The smallest absolute Gasteiger partial charge is 0.407 e. The summed E-state index contributed by atoms with van der Waals surface area (Å²) in [5.41, 5.74) is 2.99. The van der Waals surface area contributed by atoms with Crippen LogP contribution in [0.2, 0.25) is 0 Å². The molecule has 0 aromatic heterocycles. The van der Waals surface area contributed by atoms with Crippen molar-refractivity contribution in [2.45, 2.75) is 32.5 Å². The van der Waals surface area contributed by atoms with Crippen molar-refractivity contribution in [3.63, 3.8) is 0 Å². The molecular weight excluding hydrogens is 595 g/mol. The molecule has 4 aromatic rings. The first kappa shape index (κ1) is 33.1. The van der Waals surface area contributed by atoms with E-state index in [0.717, 1.165) is 22.3 Å². The Bertz CT molecular complexity index is 1490. The van der Waals surface area contributed by atoms with E-state index < -0.39 is 44.3 Å². The molecule has 2 amide bonds. The first-order valence-corrected chi connectivity index (χ1v) is 16.0. The molecule has 0 aliphatic carbocycles. The molecule has 0 radical (unpaired) electrons. The number of amides is 2. The van der Waals surface area contributed by atoms with Crippen molar-refractivity contribution in [1.29, 1.82) is 0 Å². The van der Waals surface area contributed by atoms with Gasteiger partial charge in [-0.05, 0) is 22.3 Å². The molecule has 4 rings (SSSR count). The van der Waals surface area contributed by atoms with Crippen molar-refractivity contribution in [3.05, 3.63) is 144 Å². The van der Waals surface area contributed by atoms with Gasteiger partial charge in [-0.2, -0.15) is 0 Å². The van der Waals surface area contributed by atoms with Crippen molar-refractivity contribution >= 4 is 25.6 Å². The van der Waals surface area contributed by atoms with E-state index >= 15 is 0 Å². The lowest BCUT2D eigenvalue weighted by Crippen LogP contribution is -2.48. The Morgan fingerprint density at radius 2 is 0.978 bits per heavy atom. The predicted octanol–water partition coefficient (Wildman–Crippen LogP) is 5.77. The number of carbonyl (C=O) groups excluding carboxylic acids is 3. The van der Waals surface area contributed by atoms with Crippen LogP contribution in [0.15, 0.2) is 121 Å². The molecule has 0 heterocycles. The topological polar surface area (TPSA) is 129 Å². The maximum atomic E-state index is 14.1. The molecule has 0 bridgehead atoms. The number of alkyl carbamates (subject to hydrolysis) is 1. The molecule has 0 aliphatic rings. The first-order valence-electron chi connectivity index (χ1n) is 14.3. The summed E-state index contributed by atoms with van der Waals surface area (Å²) in [7, 11) is -4.02. The molecule has 0 saturated carbocycles. The predicted molar refractivity (Wildman–Crippen MR) is 168 cm³/mol. The lowest BCUT2D eigenvalue weighted by atomic mass is 10.2. The second-order valence-electron chi connectivity index (χ2n) is 9.94. The summed E-state index contributed by atoms with van der Waals surface area (Å²) in [4.78, 5) is 38.4. The molecule has 2 N–H and O–H groups in total. The summed E-state index contributed by atoms with van der Waals surface area (Å²) in [6, 6.07) is 34.8. The highest BCUT2D eigenvalue weighted by molar-refractivity contribution is 7.53. The zero-order chi connectivity index (χ0) is 31.7. The molecule has 0 unspecified atom stereocenters. The van der Waals surface area contributed by atoms with Gasteiger partial charge >= 0.3 is 19.7 Å². The van der Waals surface area contributed by atoms with E-state index in [2.05, 4.69) is 10.6 Å². The lowest BCUT2D eigenvalue weighted by molar-refractivity contribution is -0.148. The third kappa shape index (κ3) is 12.0. The fourth-order valence-electron chi connectivity index (χ4n) is 4.04. The number of benzene rings is 4. The maximum Gasteiger partial charge on any atom is 0.407 e. The van der Waals surface area contributed by atoms with E-state index in [-0.39, 0.29) is 26.4 Å². The van der Waals surface area contributed by atoms with Gasteiger partial charge in [0.25, 0.3) is 0 Å². The Hall–Kier alpha value is -4.76. The Labute approximate surface area is 262 Å². The van der Waals surface area contributed by atoms with Gasteiger partial charge in [0.1, 0.15) is 25.8 Å². The number of rotatable bonds is 16. The van der Waals surface area contributed by atoms with Gasteiger partial charge in [0.15, 0.2) is 0 Å². The summed E-state index contributed by atoms with van der Waals surface area (Å²) in [6.45, 7) is -0.668. The highest BCUT2D eigenvalue weighted by Gasteiger charge is 2.35. The van der Waals surface area contributed by atoms with Crippen molar-refractivity contribution in [3.8, 4) is 0 Å². The monoisotopic (exact) mass is 630 g/mol. The highest BCUT2D eigenvalue weighted by atomic mass is 31.2. The van der Waals surface area contributed by atoms with Gasteiger partial charge in [-0.1, -0.05) is 121 Å². The van der Waals surface area contributed by atoms with Gasteiger partial charge in [0.2, 0.25) is 5.91 Å². The van der Waals surface area contributed by atoms with E-state index in [1.807, 2.05) is 60.7 Å². The van der Waals surface area contributed by atoms with Crippen molar-refractivity contribution < 1.29 is 37.5 Å². The highest BCUT2D eigenvalue weighted by Crippen LogP contribution is 2.50. The van der Waals surface area contributed by atoms with E-state index in [9.17, 15) is 18.9 Å². The molecule has 234 valence electrons. The minimum absolute atomic E-state index is 0.0173. The van der Waals surface area contributed by atoms with Crippen LogP contribution in [0, 0.1) is 0 Å². The van der Waals surface area contributed by atoms with Gasteiger partial charge in [0, 0.05) is 0 Å². The summed E-state index contributed by atoms with van der Waals surface area (Å²) in [5.74, 6) is -1.57. The van der Waals surface area contributed by atoms with Gasteiger partial charge in [-0.15, -0.1) is 0 Å². The molecule has 11 heteroatoms. The summed E-state index contributed by atoms with van der Waals surface area (Å²) in [6.07, 6.45) is -1.33. The second kappa shape index (κ2) is 17.5. The average molecular weight is 631 g/mol. The van der Waals surface area contributed by atoms with E-state index in [1.54, 1.807) is 60.7 Å². The van der Waals surface area contributed by atoms with Crippen molar-refractivity contribution in [1.82, 2.24) is 10.6 Å². The Kier molecular flexibility index (Phi) is 12.9. The number of hydrogen-bond acceptors (Lipinski definition) is 8. The fourth-order valence-corrected chi connectivity index (χ4v) is 5.71. The Morgan fingerprint density at radius 1 is 0.578 bits per heavy atom. The molecule has 4 aromatic carbocycles. The largest absolute Gasteiger partial charge is 0.459 e. The van der Waals surface area contributed by atoms with Crippen LogP contribution in [0.25, 0.3) is 0 Å². The summed E-state index contributed by atoms with van der Waals surface area (Å²) in [5, 5.41) is 4.87. The molecule has 10 nitrogen and oxygen atoms in total. The van der Waals surface area contributed by atoms with Crippen LogP contribution in [-0.2, 0) is 59.1 Å². The minimum atomic E-state index is -4.02. The first-order chi connectivity index (χ1) is 21.9. The summed E-state index contributed by atoms with van der Waals surface area (Å²) < 4.78 is 36.4. The van der Waals surface area contributed by atoms with Gasteiger partial charge in [-0.25, -0.2) is 9.59 Å². The van der Waals surface area contributed by atoms with E-state index in [4.69, 9.17) is 18.5 Å². The van der Waals surface area contributed by atoms with Crippen molar-refractivity contribution in [2.75, 3.05) is 12.7 Å². The number of nitrogens with one attached hydrogen (secondary N) is 2. The third-order valence-electron chi connectivity index (χ3n) is 6.40. The summed E-state index contributed by atoms with van der Waals surface area (Å²) >= 11 is 0. The van der Waals surface area contributed by atoms with Crippen LogP contribution in [0.1, 0.15) is 22.3 Å². The molecule has 1 atom stereocenters. The Morgan fingerprint density at radius 3 is 1.42 bits per heavy atom. The van der Waals surface area contributed by atoms with Gasteiger partial charge in [-0.3, -0.25) is 9.36 Å². The zero-order valence-corrected chi connectivity index (χ0v) is 25.5. The molecule has 0 aliphatic heterocycles. The second-order valence-corrected chi connectivity index (χ2v) is 12.0. The molecule has 0 spiro atoms. The maximum absolute atomic E-state index is 14.1. The van der Waals surface area contributed by atoms with Gasteiger partial charge in [0.05, 0.1) is 19.4 Å². The van der Waals surface area contributed by atoms with E-state index in [1.165, 1.54) is 0 Å². The molecular formula is C34H35N2O8P. The fraction of sp³-hybridized carbons (Fsp3) is 0.206. The molecule has 0 fully saturated rings. The molecule has 45 heavy (non-hydrogen) atoms. The number of ether oxygens (including phenoxy) is 2. The Balaban J connectivity index is 1.44. The molecule has 0 saturated heterocycles. The van der Waals surface area contributed by atoms with Gasteiger partial charge < -0.3 is 29.2 Å². The van der Waals surface area contributed by atoms with Crippen LogP contribution in [0.3, 0.4) is 0 Å². The lowest BCUT2D eigenvalue weighted by Gasteiger charge is -2.24. The standard InChI is InChI=1S/C34H35N2O8P/c37-32(21-35-34(39)42-23-28-15-7-2-8-16-28)36-31(33(38)41-22-27-13-5-1-6-14-27)26-45(40,43-24-29-17-9-3-10-18-29)44-25-30-19-11-4-12-20-30/h1-20,31H,21-26H2,(H,35,39)(H,36,37)/t31-/m0/s1. The van der Waals surface area contributed by atoms with Crippen LogP contribution >= 0.6 is 7.60 Å². The van der Waals surface area contributed by atoms with Crippen molar-refractivity contribution in [2.24, 2.45) is 0 Å². The average Bonchev–Trinajstić information content (AvgIpc) is 3.08. The number of carbonyl (C=O) groups is 3. The van der Waals surface area contributed by atoms with Crippen LogP contribution in [-0.4, -0.2) is 36.7 Å². The zero-order valence-electron chi connectivity index (χ0n) is 24.6. The third-order valence-corrected chi connectivity index (χ3v) is 8.25. The normalized spacial score (nSPS) is 11.6.